The minimum atomic E-state index is 0.0775. The third-order valence-electron chi connectivity index (χ3n) is 2.22. The molecule has 0 amide bonds. The van der Waals surface area contributed by atoms with E-state index in [1.165, 1.54) is 4.88 Å². The van der Waals surface area contributed by atoms with Crippen LogP contribution < -0.4 is 0 Å². The van der Waals surface area contributed by atoms with Crippen LogP contribution in [0.4, 0.5) is 5.69 Å². The van der Waals surface area contributed by atoms with Crippen LogP contribution in [0.3, 0.4) is 0 Å². The highest BCUT2D eigenvalue weighted by molar-refractivity contribution is 7.13. The SMILES string of the molecule is Cc1ccc(C=Nc2ccc(CO)cc2)s1. The molecule has 2 nitrogen and oxygen atoms in total. The highest BCUT2D eigenvalue weighted by atomic mass is 32.1. The summed E-state index contributed by atoms with van der Waals surface area (Å²) in [6.07, 6.45) is 1.87. The molecule has 0 unspecified atom stereocenters. The minimum Gasteiger partial charge on any atom is -0.392 e. The number of aliphatic hydroxyl groups is 1. The summed E-state index contributed by atoms with van der Waals surface area (Å²) in [5, 5.41) is 8.90. The fourth-order valence-electron chi connectivity index (χ4n) is 1.35. The zero-order chi connectivity index (χ0) is 11.4. The lowest BCUT2D eigenvalue weighted by Gasteiger charge is -1.95. The molecule has 0 aliphatic rings. The maximum Gasteiger partial charge on any atom is 0.0681 e. The zero-order valence-corrected chi connectivity index (χ0v) is 9.87. The molecular weight excluding hydrogens is 218 g/mol. The van der Waals surface area contributed by atoms with Crippen LogP contribution >= 0.6 is 11.3 Å². The topological polar surface area (TPSA) is 32.6 Å². The van der Waals surface area contributed by atoms with Gasteiger partial charge in [0, 0.05) is 16.0 Å². The molecule has 1 N–H and O–H groups in total. The number of aryl methyl sites for hydroxylation is 1. The van der Waals surface area contributed by atoms with Gasteiger partial charge < -0.3 is 5.11 Å². The Labute approximate surface area is 98.9 Å². The molecular formula is C13H13NOS. The molecule has 16 heavy (non-hydrogen) atoms. The largest absolute Gasteiger partial charge is 0.392 e. The van der Waals surface area contributed by atoms with Gasteiger partial charge in [0.1, 0.15) is 0 Å². The first kappa shape index (κ1) is 11.0. The van der Waals surface area contributed by atoms with Crippen molar-refractivity contribution in [2.75, 3.05) is 0 Å². The fourth-order valence-corrected chi connectivity index (χ4v) is 2.10. The van der Waals surface area contributed by atoms with Crippen molar-refractivity contribution in [1.29, 1.82) is 0 Å². The molecule has 0 atom stereocenters. The minimum absolute atomic E-state index is 0.0775. The Balaban J connectivity index is 2.11. The number of thiophene rings is 1. The first-order valence-electron chi connectivity index (χ1n) is 5.08. The molecule has 82 valence electrons. The standard InChI is InChI=1S/C13H13NOS/c1-10-2-7-13(16-10)8-14-12-5-3-11(9-15)4-6-12/h2-8,15H,9H2,1H3. The van der Waals surface area contributed by atoms with E-state index in [2.05, 4.69) is 24.0 Å². The Hall–Kier alpha value is -1.45. The van der Waals surface area contributed by atoms with Crippen molar-refractivity contribution in [2.24, 2.45) is 4.99 Å². The zero-order valence-electron chi connectivity index (χ0n) is 9.05. The van der Waals surface area contributed by atoms with Crippen molar-refractivity contribution in [1.82, 2.24) is 0 Å². The molecule has 0 radical (unpaired) electrons. The predicted octanol–water partition coefficient (Wildman–Crippen LogP) is 3.30. The lowest BCUT2D eigenvalue weighted by Crippen LogP contribution is -1.80. The van der Waals surface area contributed by atoms with Crippen LogP contribution in [0.2, 0.25) is 0 Å². The van der Waals surface area contributed by atoms with E-state index in [-0.39, 0.29) is 6.61 Å². The second-order valence-electron chi connectivity index (χ2n) is 3.53. The molecule has 0 saturated carbocycles. The molecule has 2 rings (SSSR count). The van der Waals surface area contributed by atoms with E-state index in [4.69, 9.17) is 5.11 Å². The van der Waals surface area contributed by atoms with Crippen LogP contribution in [0.1, 0.15) is 15.3 Å². The number of nitrogens with zero attached hydrogens (tertiary/aromatic N) is 1. The van der Waals surface area contributed by atoms with Crippen LogP contribution in [-0.4, -0.2) is 11.3 Å². The summed E-state index contributed by atoms with van der Waals surface area (Å²) in [5.74, 6) is 0. The maximum atomic E-state index is 8.90. The quantitative estimate of drug-likeness (QED) is 0.808. The van der Waals surface area contributed by atoms with Gasteiger partial charge in [0.25, 0.3) is 0 Å². The van der Waals surface area contributed by atoms with Gasteiger partial charge >= 0.3 is 0 Å². The van der Waals surface area contributed by atoms with E-state index in [1.54, 1.807) is 11.3 Å². The van der Waals surface area contributed by atoms with Crippen molar-refractivity contribution in [3.05, 3.63) is 51.7 Å². The van der Waals surface area contributed by atoms with Gasteiger partial charge in [-0.3, -0.25) is 4.99 Å². The molecule has 0 spiro atoms. The Morgan fingerprint density at radius 1 is 1.19 bits per heavy atom. The number of hydrogen-bond acceptors (Lipinski definition) is 3. The van der Waals surface area contributed by atoms with E-state index in [0.717, 1.165) is 16.1 Å². The summed E-state index contributed by atoms with van der Waals surface area (Å²) >= 11 is 1.73. The van der Waals surface area contributed by atoms with Crippen LogP contribution in [0.25, 0.3) is 0 Å². The van der Waals surface area contributed by atoms with Crippen LogP contribution in [0.5, 0.6) is 0 Å². The van der Waals surface area contributed by atoms with Crippen molar-refractivity contribution in [2.45, 2.75) is 13.5 Å². The van der Waals surface area contributed by atoms with Gasteiger partial charge in [0.15, 0.2) is 0 Å². The summed E-state index contributed by atoms with van der Waals surface area (Å²) in [7, 11) is 0. The number of aliphatic hydroxyl groups excluding tert-OH is 1. The van der Waals surface area contributed by atoms with Crippen LogP contribution in [-0.2, 0) is 6.61 Å². The third-order valence-corrected chi connectivity index (χ3v) is 3.16. The Kier molecular flexibility index (Phi) is 3.49. The molecule has 0 aliphatic heterocycles. The number of aliphatic imine (C=N–C) groups is 1. The molecule has 0 fully saturated rings. The van der Waals surface area contributed by atoms with Gasteiger partial charge in [-0.05, 0) is 36.8 Å². The maximum absolute atomic E-state index is 8.90. The van der Waals surface area contributed by atoms with Gasteiger partial charge in [0.2, 0.25) is 0 Å². The molecule has 3 heteroatoms. The summed E-state index contributed by atoms with van der Waals surface area (Å²) < 4.78 is 0. The molecule has 1 aromatic carbocycles. The summed E-state index contributed by atoms with van der Waals surface area (Å²) in [5.41, 5.74) is 1.81. The molecule has 2 aromatic rings. The number of hydrogen-bond donors (Lipinski definition) is 1. The van der Waals surface area contributed by atoms with Crippen molar-refractivity contribution in [3.8, 4) is 0 Å². The van der Waals surface area contributed by atoms with Gasteiger partial charge in [-0.2, -0.15) is 0 Å². The smallest absolute Gasteiger partial charge is 0.0681 e. The van der Waals surface area contributed by atoms with Gasteiger partial charge in [-0.15, -0.1) is 11.3 Å². The summed E-state index contributed by atoms with van der Waals surface area (Å²) in [6, 6.07) is 11.7. The van der Waals surface area contributed by atoms with Gasteiger partial charge in [-0.25, -0.2) is 0 Å². The Bertz CT molecular complexity index is 485. The fraction of sp³-hybridized carbons (Fsp3) is 0.154. The monoisotopic (exact) mass is 231 g/mol. The van der Waals surface area contributed by atoms with E-state index in [1.807, 2.05) is 30.5 Å². The summed E-state index contributed by atoms with van der Waals surface area (Å²) in [6.45, 7) is 2.16. The highest BCUT2D eigenvalue weighted by Gasteiger charge is 1.93. The molecule has 1 heterocycles. The molecule has 0 saturated heterocycles. The van der Waals surface area contributed by atoms with Crippen molar-refractivity contribution >= 4 is 23.2 Å². The lowest BCUT2D eigenvalue weighted by atomic mass is 10.2. The highest BCUT2D eigenvalue weighted by Crippen LogP contribution is 2.16. The summed E-state index contributed by atoms with van der Waals surface area (Å²) in [4.78, 5) is 6.81. The average Bonchev–Trinajstić information content (AvgIpc) is 2.73. The van der Waals surface area contributed by atoms with Crippen molar-refractivity contribution in [3.63, 3.8) is 0 Å². The Morgan fingerprint density at radius 3 is 2.50 bits per heavy atom. The van der Waals surface area contributed by atoms with E-state index >= 15 is 0 Å². The number of benzene rings is 1. The molecule has 1 aromatic heterocycles. The molecule has 0 aliphatic carbocycles. The van der Waals surface area contributed by atoms with Crippen molar-refractivity contribution < 1.29 is 5.11 Å². The Morgan fingerprint density at radius 2 is 1.94 bits per heavy atom. The van der Waals surface area contributed by atoms with E-state index < -0.39 is 0 Å². The average molecular weight is 231 g/mol. The third kappa shape index (κ3) is 2.78. The second kappa shape index (κ2) is 5.05. The normalized spacial score (nSPS) is 11.1. The van der Waals surface area contributed by atoms with Crippen LogP contribution in [0, 0.1) is 6.92 Å². The second-order valence-corrected chi connectivity index (χ2v) is 4.85. The lowest BCUT2D eigenvalue weighted by molar-refractivity contribution is 0.282. The predicted molar refractivity (Wildman–Crippen MR) is 68.7 cm³/mol. The van der Waals surface area contributed by atoms with Gasteiger partial charge in [-0.1, -0.05) is 12.1 Å². The van der Waals surface area contributed by atoms with Gasteiger partial charge in [0.05, 0.1) is 12.3 Å². The van der Waals surface area contributed by atoms with E-state index in [9.17, 15) is 0 Å². The van der Waals surface area contributed by atoms with Crippen LogP contribution in [0.15, 0.2) is 41.4 Å². The molecule has 0 bridgehead atoms. The van der Waals surface area contributed by atoms with E-state index in [0.29, 0.717) is 0 Å². The number of rotatable bonds is 3. The first-order valence-corrected chi connectivity index (χ1v) is 5.90. The first-order chi connectivity index (χ1) is 7.78.